The predicted molar refractivity (Wildman–Crippen MR) is 97.8 cm³/mol. The number of aromatic nitrogens is 1. The zero-order valence-electron chi connectivity index (χ0n) is 15.4. The third-order valence-electron chi connectivity index (χ3n) is 4.57. The van der Waals surface area contributed by atoms with E-state index in [1.165, 1.54) is 4.90 Å². The van der Waals surface area contributed by atoms with Crippen LogP contribution in [0, 0.1) is 23.1 Å². The van der Waals surface area contributed by atoms with Crippen molar-refractivity contribution in [1.82, 2.24) is 9.88 Å². The highest BCUT2D eigenvalue weighted by molar-refractivity contribution is 6.30. The van der Waals surface area contributed by atoms with Crippen LogP contribution in [0.4, 0.5) is 15.0 Å². The maximum atomic E-state index is 14.3. The van der Waals surface area contributed by atoms with Crippen molar-refractivity contribution in [1.29, 1.82) is 5.26 Å². The van der Waals surface area contributed by atoms with Crippen molar-refractivity contribution in [3.63, 3.8) is 0 Å². The van der Waals surface area contributed by atoms with Crippen LogP contribution in [0.3, 0.4) is 0 Å². The summed E-state index contributed by atoms with van der Waals surface area (Å²) >= 11 is 5.92. The number of hydrogen-bond acceptors (Lipinski definition) is 4. The molecule has 1 amide bonds. The zero-order chi connectivity index (χ0) is 19.6. The van der Waals surface area contributed by atoms with Crippen LogP contribution in [0.2, 0.25) is 5.15 Å². The van der Waals surface area contributed by atoms with E-state index in [0.29, 0.717) is 12.3 Å². The lowest BCUT2D eigenvalue weighted by molar-refractivity contribution is 0.0678. The first kappa shape index (κ1) is 20.2. The van der Waals surface area contributed by atoms with Crippen LogP contribution < -0.4 is 5.32 Å². The highest BCUT2D eigenvalue weighted by Crippen LogP contribution is 2.36. The van der Waals surface area contributed by atoms with Gasteiger partial charge in [0.2, 0.25) is 0 Å². The van der Waals surface area contributed by atoms with E-state index in [1.807, 2.05) is 27.7 Å². The van der Waals surface area contributed by atoms with Gasteiger partial charge in [-0.1, -0.05) is 24.4 Å². The minimum atomic E-state index is -1.03. The number of amides is 1. The largest absolute Gasteiger partial charge is 0.465 e. The third-order valence-corrected chi connectivity index (χ3v) is 4.86. The second-order valence-corrected chi connectivity index (χ2v) is 8.12. The number of anilines is 1. The lowest BCUT2D eigenvalue weighted by Crippen LogP contribution is -2.56. The number of halogens is 2. The van der Waals surface area contributed by atoms with Crippen molar-refractivity contribution in [2.75, 3.05) is 5.32 Å². The van der Waals surface area contributed by atoms with Gasteiger partial charge in [-0.15, -0.1) is 0 Å². The summed E-state index contributed by atoms with van der Waals surface area (Å²) in [7, 11) is 0. The van der Waals surface area contributed by atoms with Gasteiger partial charge in [0, 0.05) is 11.6 Å². The SMILES string of the molecule is C[C@@H]([C@H](CC1CC1)Nc1nc(Cl)c(C#N)cc1F)N(C(=O)O)C(C)(C)C. The molecule has 0 unspecified atom stereocenters. The molecule has 1 aromatic rings. The molecule has 0 radical (unpaired) electrons. The summed E-state index contributed by atoms with van der Waals surface area (Å²) in [5, 5.41) is 21.5. The molecule has 1 fully saturated rings. The van der Waals surface area contributed by atoms with Crippen molar-refractivity contribution in [2.24, 2.45) is 5.92 Å². The average molecular weight is 383 g/mol. The van der Waals surface area contributed by atoms with Crippen LogP contribution in [-0.2, 0) is 0 Å². The summed E-state index contributed by atoms with van der Waals surface area (Å²) in [5.74, 6) is -0.259. The van der Waals surface area contributed by atoms with E-state index in [-0.39, 0.29) is 22.6 Å². The monoisotopic (exact) mass is 382 g/mol. The number of hydrogen-bond donors (Lipinski definition) is 2. The highest BCUT2D eigenvalue weighted by Gasteiger charge is 2.38. The van der Waals surface area contributed by atoms with Crippen LogP contribution in [0.25, 0.3) is 0 Å². The van der Waals surface area contributed by atoms with Gasteiger partial charge >= 0.3 is 6.09 Å². The lowest BCUT2D eigenvalue weighted by atomic mass is 9.96. The van der Waals surface area contributed by atoms with E-state index in [9.17, 15) is 14.3 Å². The Labute approximate surface area is 158 Å². The fourth-order valence-corrected chi connectivity index (χ4v) is 3.34. The van der Waals surface area contributed by atoms with Crippen LogP contribution in [0.5, 0.6) is 0 Å². The third kappa shape index (κ3) is 4.76. The fraction of sp³-hybridized carbons (Fsp3) is 0.611. The molecule has 26 heavy (non-hydrogen) atoms. The Bertz CT molecular complexity index is 725. The predicted octanol–water partition coefficient (Wildman–Crippen LogP) is 4.49. The molecule has 0 saturated heterocycles. The Morgan fingerprint density at radius 2 is 2.19 bits per heavy atom. The van der Waals surface area contributed by atoms with Gasteiger partial charge in [0.05, 0.1) is 11.6 Å². The van der Waals surface area contributed by atoms with Gasteiger partial charge in [-0.05, 0) is 46.1 Å². The topological polar surface area (TPSA) is 89.3 Å². The summed E-state index contributed by atoms with van der Waals surface area (Å²) in [4.78, 5) is 17.1. The molecule has 1 aliphatic carbocycles. The van der Waals surface area contributed by atoms with Crippen molar-refractivity contribution < 1.29 is 14.3 Å². The molecule has 1 saturated carbocycles. The molecule has 1 aliphatic rings. The van der Waals surface area contributed by atoms with Crippen LogP contribution >= 0.6 is 11.6 Å². The molecular weight excluding hydrogens is 359 g/mol. The number of nitriles is 1. The second-order valence-electron chi connectivity index (χ2n) is 7.76. The van der Waals surface area contributed by atoms with Gasteiger partial charge in [0.1, 0.15) is 11.2 Å². The number of carbonyl (C=O) groups is 1. The summed E-state index contributed by atoms with van der Waals surface area (Å²) < 4.78 is 14.3. The summed E-state index contributed by atoms with van der Waals surface area (Å²) in [6, 6.07) is 2.08. The van der Waals surface area contributed by atoms with E-state index in [0.717, 1.165) is 18.9 Å². The van der Waals surface area contributed by atoms with Gasteiger partial charge in [0.25, 0.3) is 0 Å². The molecule has 2 N–H and O–H groups in total. The highest BCUT2D eigenvalue weighted by atomic mass is 35.5. The normalized spacial score (nSPS) is 16.5. The molecule has 8 heteroatoms. The average Bonchev–Trinajstić information content (AvgIpc) is 3.31. The minimum absolute atomic E-state index is 0.0386. The Hall–Kier alpha value is -2.07. The molecular formula is C18H24ClFN4O2. The van der Waals surface area contributed by atoms with Crippen molar-refractivity contribution in [3.8, 4) is 6.07 Å². The van der Waals surface area contributed by atoms with Gasteiger partial charge in [-0.2, -0.15) is 5.26 Å². The lowest BCUT2D eigenvalue weighted by Gasteiger charge is -2.42. The Balaban J connectivity index is 2.31. The molecule has 2 atom stereocenters. The first-order chi connectivity index (χ1) is 12.0. The maximum Gasteiger partial charge on any atom is 0.408 e. The van der Waals surface area contributed by atoms with Gasteiger partial charge < -0.3 is 10.4 Å². The summed E-state index contributed by atoms with van der Waals surface area (Å²) in [5.41, 5.74) is -0.647. The Morgan fingerprint density at radius 1 is 1.58 bits per heavy atom. The standard InChI is InChI=1S/C18H24ClFN4O2/c1-10(24(17(25)26)18(2,3)4)14(7-11-5-6-11)22-16-13(20)8-12(9-21)15(19)23-16/h8,10-11,14H,5-7H2,1-4H3,(H,22,23)(H,25,26)/t10-,14-/m0/s1. The second kappa shape index (κ2) is 7.67. The number of nitrogens with zero attached hydrogens (tertiary/aromatic N) is 3. The van der Waals surface area contributed by atoms with Crippen molar-refractivity contribution >= 4 is 23.5 Å². The number of carboxylic acid groups (broad SMARTS) is 1. The fourth-order valence-electron chi connectivity index (χ4n) is 3.16. The van der Waals surface area contributed by atoms with Crippen LogP contribution in [0.15, 0.2) is 6.07 Å². The molecule has 6 nitrogen and oxygen atoms in total. The molecule has 0 aromatic carbocycles. The van der Waals surface area contributed by atoms with E-state index in [4.69, 9.17) is 16.9 Å². The van der Waals surface area contributed by atoms with Crippen LogP contribution in [-0.4, -0.2) is 38.7 Å². The Morgan fingerprint density at radius 3 is 2.65 bits per heavy atom. The van der Waals surface area contributed by atoms with Gasteiger partial charge in [-0.25, -0.2) is 14.2 Å². The smallest absolute Gasteiger partial charge is 0.408 e. The van der Waals surface area contributed by atoms with Crippen LogP contribution in [0.1, 0.15) is 52.5 Å². The molecule has 0 bridgehead atoms. The molecule has 0 spiro atoms. The number of nitrogens with one attached hydrogen (secondary N) is 1. The van der Waals surface area contributed by atoms with Crippen molar-refractivity contribution in [2.45, 2.75) is 64.6 Å². The van der Waals surface area contributed by atoms with Gasteiger partial charge in [0.15, 0.2) is 11.6 Å². The molecule has 1 aromatic heterocycles. The molecule has 2 rings (SSSR count). The summed E-state index contributed by atoms with van der Waals surface area (Å²) in [6.45, 7) is 7.28. The maximum absolute atomic E-state index is 14.3. The first-order valence-electron chi connectivity index (χ1n) is 8.59. The Kier molecular flexibility index (Phi) is 5.97. The molecule has 0 aliphatic heterocycles. The molecule has 1 heterocycles. The minimum Gasteiger partial charge on any atom is -0.465 e. The van der Waals surface area contributed by atoms with E-state index in [1.54, 1.807) is 6.07 Å². The number of rotatable bonds is 6. The van der Waals surface area contributed by atoms with E-state index in [2.05, 4.69) is 10.3 Å². The quantitative estimate of drug-likeness (QED) is 0.707. The first-order valence-corrected chi connectivity index (χ1v) is 8.97. The van der Waals surface area contributed by atoms with Gasteiger partial charge in [-0.3, -0.25) is 4.90 Å². The van der Waals surface area contributed by atoms with Crippen molar-refractivity contribution in [3.05, 3.63) is 22.6 Å². The summed E-state index contributed by atoms with van der Waals surface area (Å²) in [6.07, 6.45) is 1.84. The number of pyridine rings is 1. The van der Waals surface area contributed by atoms with E-state index >= 15 is 0 Å². The zero-order valence-corrected chi connectivity index (χ0v) is 16.1. The molecule has 142 valence electrons. The van der Waals surface area contributed by atoms with E-state index < -0.39 is 23.5 Å².